The summed E-state index contributed by atoms with van der Waals surface area (Å²) in [6.45, 7) is 10.9. The molecule has 10 heterocycles. The lowest BCUT2D eigenvalue weighted by Gasteiger charge is -2.55. The molecule has 12 nitrogen and oxygen atoms in total. The Labute approximate surface area is 344 Å². The Kier molecular flexibility index (Phi) is 11.2. The summed E-state index contributed by atoms with van der Waals surface area (Å²) in [6.07, 6.45) is 16.5. The zero-order chi connectivity index (χ0) is 39.9. The highest BCUT2D eigenvalue weighted by molar-refractivity contribution is 5.72. The van der Waals surface area contributed by atoms with Crippen molar-refractivity contribution in [1.29, 1.82) is 0 Å². The highest BCUT2D eigenvalue weighted by Gasteiger charge is 2.57. The largest absolute Gasteiger partial charge is 0.459 e. The number of aliphatic hydroxyl groups excluding tert-OH is 1. The summed E-state index contributed by atoms with van der Waals surface area (Å²) in [5, 5.41) is 10.9. The number of hydrogen-bond acceptors (Lipinski definition) is 12. The van der Waals surface area contributed by atoms with Crippen LogP contribution in [0.5, 0.6) is 0 Å². The van der Waals surface area contributed by atoms with Crippen molar-refractivity contribution in [3.8, 4) is 0 Å². The van der Waals surface area contributed by atoms with E-state index in [0.717, 1.165) is 64.2 Å². The number of carbonyl (C=O) groups excluding carboxylic acids is 1. The number of fused-ring (bicyclic) bond motifs is 9. The van der Waals surface area contributed by atoms with Crippen molar-refractivity contribution in [1.82, 2.24) is 0 Å². The van der Waals surface area contributed by atoms with Gasteiger partial charge in [-0.25, -0.2) is 0 Å². The van der Waals surface area contributed by atoms with Gasteiger partial charge in [-0.15, -0.1) is 0 Å². The number of carbonyl (C=O) groups is 1. The number of aliphatic hydroxyl groups is 1. The smallest absolute Gasteiger partial charge is 0.308 e. The van der Waals surface area contributed by atoms with E-state index in [2.05, 4.69) is 52.0 Å². The lowest BCUT2D eigenvalue weighted by Crippen LogP contribution is -2.65. The molecule has 22 atom stereocenters. The summed E-state index contributed by atoms with van der Waals surface area (Å²) in [4.78, 5) is 12.3. The van der Waals surface area contributed by atoms with Crippen LogP contribution in [-0.4, -0.2) is 132 Å². The van der Waals surface area contributed by atoms with Crippen LogP contribution in [0.2, 0.25) is 0 Å². The van der Waals surface area contributed by atoms with Gasteiger partial charge in [-0.1, -0.05) is 38.2 Å². The predicted molar refractivity (Wildman–Crippen MR) is 210 cm³/mol. The molecule has 0 aliphatic carbocycles. The van der Waals surface area contributed by atoms with Gasteiger partial charge in [0, 0.05) is 25.7 Å². The minimum Gasteiger partial charge on any atom is -0.459 e. The van der Waals surface area contributed by atoms with Gasteiger partial charge >= 0.3 is 5.97 Å². The first kappa shape index (κ1) is 40.6. The molecule has 58 heavy (non-hydrogen) atoms. The van der Waals surface area contributed by atoms with Crippen LogP contribution in [0.25, 0.3) is 0 Å². The molecule has 0 aromatic heterocycles. The van der Waals surface area contributed by atoms with E-state index in [1.165, 1.54) is 0 Å². The van der Waals surface area contributed by atoms with Crippen LogP contribution in [0, 0.1) is 11.8 Å². The maximum atomic E-state index is 12.3. The van der Waals surface area contributed by atoms with Crippen molar-refractivity contribution in [2.45, 2.75) is 246 Å². The third-order valence-electron chi connectivity index (χ3n) is 15.6. The third kappa shape index (κ3) is 7.81. The van der Waals surface area contributed by atoms with Gasteiger partial charge in [0.05, 0.1) is 103 Å². The molecule has 0 amide bonds. The summed E-state index contributed by atoms with van der Waals surface area (Å²) >= 11 is 0. The molecule has 0 saturated carbocycles. The van der Waals surface area contributed by atoms with E-state index < -0.39 is 17.3 Å². The fourth-order valence-corrected chi connectivity index (χ4v) is 12.8. The Balaban J connectivity index is 0.837. The Hall–Kier alpha value is -1.45. The standard InChI is InChI=1S/C46H68O12/c1-24-16-33-36(21-42(48)54-33)53-41-20-35-37(58-45(41,4)22-24)17-25(2)43-32(51-35)11-7-6-10-28-29(55-43)12-8-14-31-30(50-28)13-9-15-40-46(5,57-31)23-39-34(52-40)19-38-44(56-39)27(47)18-26(3)49-38/h6-8,14,24-41,43-44,47H,9-13,15-23H2,1-5H3/b7-6-,14-8-/t24-,25+,26-,27+,28?,29+,30?,31-,32?,33+,34?,35?,36?,37+,38?,39-,40?,41?,43-,44+,45-,46+/m1/s1. The molecule has 10 aliphatic rings. The molecule has 0 aromatic rings. The summed E-state index contributed by atoms with van der Waals surface area (Å²) in [6, 6.07) is 0. The van der Waals surface area contributed by atoms with Crippen LogP contribution in [0.3, 0.4) is 0 Å². The van der Waals surface area contributed by atoms with E-state index in [1.807, 2.05) is 6.92 Å². The Morgan fingerprint density at radius 1 is 0.586 bits per heavy atom. The predicted octanol–water partition coefficient (Wildman–Crippen LogP) is 5.83. The third-order valence-corrected chi connectivity index (χ3v) is 15.6. The van der Waals surface area contributed by atoms with Crippen LogP contribution in [0.1, 0.15) is 125 Å². The van der Waals surface area contributed by atoms with Crippen molar-refractivity contribution in [2.24, 2.45) is 11.8 Å². The highest BCUT2D eigenvalue weighted by atomic mass is 16.6. The topological polar surface area (TPSA) is 130 Å². The van der Waals surface area contributed by atoms with Gasteiger partial charge in [0.2, 0.25) is 0 Å². The lowest BCUT2D eigenvalue weighted by atomic mass is 9.78. The zero-order valence-corrected chi connectivity index (χ0v) is 35.2. The molecular weight excluding hydrogens is 744 g/mol. The maximum absolute atomic E-state index is 12.3. The van der Waals surface area contributed by atoms with Gasteiger partial charge in [-0.05, 0) is 90.4 Å². The average Bonchev–Trinajstić information content (AvgIpc) is 3.46. The van der Waals surface area contributed by atoms with E-state index in [1.54, 1.807) is 0 Å². The van der Waals surface area contributed by atoms with Crippen molar-refractivity contribution in [3.05, 3.63) is 24.3 Å². The minimum absolute atomic E-state index is 0.0130. The highest BCUT2D eigenvalue weighted by Crippen LogP contribution is 2.48. The van der Waals surface area contributed by atoms with Gasteiger partial charge in [0.15, 0.2) is 0 Å². The molecule has 9 unspecified atom stereocenters. The van der Waals surface area contributed by atoms with E-state index in [0.29, 0.717) is 31.6 Å². The van der Waals surface area contributed by atoms with Crippen molar-refractivity contribution >= 4 is 5.97 Å². The van der Waals surface area contributed by atoms with Crippen molar-refractivity contribution in [2.75, 3.05) is 0 Å². The molecule has 10 aliphatic heterocycles. The zero-order valence-electron chi connectivity index (χ0n) is 35.2. The molecule has 0 aromatic carbocycles. The second-order valence-corrected chi connectivity index (χ2v) is 20.4. The van der Waals surface area contributed by atoms with Crippen LogP contribution >= 0.6 is 0 Å². The van der Waals surface area contributed by atoms with Crippen molar-refractivity contribution < 1.29 is 57.3 Å². The second-order valence-electron chi connectivity index (χ2n) is 20.4. The molecule has 324 valence electrons. The molecule has 12 heteroatoms. The number of hydrogen-bond donors (Lipinski definition) is 1. The molecule has 0 radical (unpaired) electrons. The fourth-order valence-electron chi connectivity index (χ4n) is 12.8. The Bertz CT molecular complexity index is 1560. The molecule has 8 saturated heterocycles. The van der Waals surface area contributed by atoms with E-state index in [4.69, 9.17) is 47.4 Å². The van der Waals surface area contributed by atoms with Crippen LogP contribution in [0.4, 0.5) is 0 Å². The number of ether oxygens (including phenoxy) is 10. The first-order chi connectivity index (χ1) is 27.9. The first-order valence-electron chi connectivity index (χ1n) is 23.0. The molecule has 0 bridgehead atoms. The fraction of sp³-hybridized carbons (Fsp3) is 0.891. The second kappa shape index (κ2) is 16.0. The summed E-state index contributed by atoms with van der Waals surface area (Å²) in [5.74, 6) is 0.373. The monoisotopic (exact) mass is 812 g/mol. The molecular formula is C46H68O12. The minimum atomic E-state index is -0.564. The number of esters is 1. The molecule has 10 rings (SSSR count). The van der Waals surface area contributed by atoms with Crippen LogP contribution < -0.4 is 0 Å². The van der Waals surface area contributed by atoms with E-state index in [9.17, 15) is 9.90 Å². The molecule has 8 fully saturated rings. The normalized spacial score (nSPS) is 56.8. The summed E-state index contributed by atoms with van der Waals surface area (Å²) < 4.78 is 67.8. The SMILES string of the molecule is C[C@@H]1C[C@@H]2OC(=O)CC2OC2CC3OC4C/C=C\CC5OC6CCCC7OC8CC9O[C@H](C)C[C@H](O)[C@@H]9O[C@@H]8C[C@]7(C)O[C@@H]6/C=C\C[C@@H]5O[C@@H]4[C@@H](C)C[C@@H]3O[C@]2(C)C1. The quantitative estimate of drug-likeness (QED) is 0.234. The van der Waals surface area contributed by atoms with Gasteiger partial charge in [0.25, 0.3) is 0 Å². The molecule has 1 N–H and O–H groups in total. The summed E-state index contributed by atoms with van der Waals surface area (Å²) in [5.41, 5.74) is -1.03. The van der Waals surface area contributed by atoms with Crippen LogP contribution in [-0.2, 0) is 52.2 Å². The van der Waals surface area contributed by atoms with E-state index >= 15 is 0 Å². The van der Waals surface area contributed by atoms with Gasteiger partial charge < -0.3 is 52.5 Å². The Morgan fingerprint density at radius 3 is 2.17 bits per heavy atom. The maximum Gasteiger partial charge on any atom is 0.308 e. The number of rotatable bonds is 0. The Morgan fingerprint density at radius 2 is 1.31 bits per heavy atom. The van der Waals surface area contributed by atoms with Gasteiger partial charge in [0.1, 0.15) is 24.4 Å². The van der Waals surface area contributed by atoms with Crippen LogP contribution in [0.15, 0.2) is 24.3 Å². The van der Waals surface area contributed by atoms with E-state index in [-0.39, 0.29) is 116 Å². The average molecular weight is 813 g/mol. The van der Waals surface area contributed by atoms with Gasteiger partial charge in [-0.2, -0.15) is 0 Å². The van der Waals surface area contributed by atoms with Crippen molar-refractivity contribution in [3.63, 3.8) is 0 Å². The lowest BCUT2D eigenvalue weighted by molar-refractivity contribution is -0.315. The first-order valence-corrected chi connectivity index (χ1v) is 23.0. The summed E-state index contributed by atoms with van der Waals surface area (Å²) in [7, 11) is 0. The molecule has 0 spiro atoms. The van der Waals surface area contributed by atoms with Gasteiger partial charge in [-0.3, -0.25) is 4.79 Å².